The SMILES string of the molecule is O=C1NCc2cccnc2C1(F)F. The number of fused-ring (bicyclic) bond motifs is 1. The minimum atomic E-state index is -3.49. The van der Waals surface area contributed by atoms with Gasteiger partial charge in [0, 0.05) is 12.7 Å². The second kappa shape index (κ2) is 2.48. The number of hydrogen-bond acceptors (Lipinski definition) is 2. The third-order valence-corrected chi connectivity index (χ3v) is 1.91. The highest BCUT2D eigenvalue weighted by Gasteiger charge is 2.46. The number of halogens is 2. The lowest BCUT2D eigenvalue weighted by Crippen LogP contribution is -2.43. The molecule has 0 fully saturated rings. The van der Waals surface area contributed by atoms with Crippen molar-refractivity contribution in [2.45, 2.75) is 12.5 Å². The first-order valence-corrected chi connectivity index (χ1v) is 3.73. The van der Waals surface area contributed by atoms with Crippen molar-refractivity contribution in [3.8, 4) is 0 Å². The van der Waals surface area contributed by atoms with Crippen LogP contribution in [-0.4, -0.2) is 10.9 Å². The summed E-state index contributed by atoms with van der Waals surface area (Å²) in [5, 5.41) is 2.10. The van der Waals surface area contributed by atoms with Crippen LogP contribution in [0.1, 0.15) is 11.3 Å². The van der Waals surface area contributed by atoms with Crippen LogP contribution in [0.4, 0.5) is 8.78 Å². The van der Waals surface area contributed by atoms with Gasteiger partial charge in [-0.1, -0.05) is 6.07 Å². The first-order chi connectivity index (χ1) is 6.12. The van der Waals surface area contributed by atoms with E-state index < -0.39 is 17.5 Å². The third kappa shape index (κ3) is 1.07. The molecule has 0 atom stereocenters. The predicted octanol–water partition coefficient (Wildman–Crippen LogP) is 0.803. The molecule has 1 aromatic heterocycles. The number of carbonyl (C=O) groups is 1. The first-order valence-electron chi connectivity index (χ1n) is 3.73. The van der Waals surface area contributed by atoms with Crippen LogP contribution in [-0.2, 0) is 17.3 Å². The van der Waals surface area contributed by atoms with Crippen LogP contribution in [0.15, 0.2) is 18.3 Å². The Bertz CT molecular complexity index is 365. The van der Waals surface area contributed by atoms with E-state index in [-0.39, 0.29) is 6.54 Å². The summed E-state index contributed by atoms with van der Waals surface area (Å²) in [7, 11) is 0. The molecule has 1 aliphatic rings. The van der Waals surface area contributed by atoms with E-state index in [4.69, 9.17) is 0 Å². The number of amides is 1. The van der Waals surface area contributed by atoms with Gasteiger partial charge < -0.3 is 5.32 Å². The lowest BCUT2D eigenvalue weighted by Gasteiger charge is -2.23. The van der Waals surface area contributed by atoms with Crippen molar-refractivity contribution < 1.29 is 13.6 Å². The van der Waals surface area contributed by atoms with E-state index >= 15 is 0 Å². The summed E-state index contributed by atoms with van der Waals surface area (Å²) in [6.07, 6.45) is 1.26. The molecule has 0 bridgehead atoms. The third-order valence-electron chi connectivity index (χ3n) is 1.91. The average molecular weight is 184 g/mol. The normalized spacial score (nSPS) is 19.1. The smallest absolute Gasteiger partial charge is 0.346 e. The number of alkyl halides is 2. The number of carbonyl (C=O) groups excluding carboxylic acids is 1. The predicted molar refractivity (Wildman–Crippen MR) is 40.0 cm³/mol. The maximum Gasteiger partial charge on any atom is 0.366 e. The van der Waals surface area contributed by atoms with Crippen LogP contribution in [0.5, 0.6) is 0 Å². The number of hydrogen-bond donors (Lipinski definition) is 1. The Kier molecular flexibility index (Phi) is 1.55. The molecule has 2 rings (SSSR count). The minimum absolute atomic E-state index is 0.123. The van der Waals surface area contributed by atoms with E-state index in [1.54, 1.807) is 6.07 Å². The van der Waals surface area contributed by atoms with E-state index in [0.717, 1.165) is 0 Å². The lowest BCUT2D eigenvalue weighted by molar-refractivity contribution is -0.149. The van der Waals surface area contributed by atoms with Crippen molar-refractivity contribution >= 4 is 5.91 Å². The van der Waals surface area contributed by atoms with Gasteiger partial charge in [0.05, 0.1) is 0 Å². The minimum Gasteiger partial charge on any atom is -0.346 e. The molecule has 0 aromatic carbocycles. The second-order valence-corrected chi connectivity index (χ2v) is 2.77. The topological polar surface area (TPSA) is 42.0 Å². The number of rotatable bonds is 0. The van der Waals surface area contributed by atoms with Gasteiger partial charge in [0.1, 0.15) is 5.69 Å². The first kappa shape index (κ1) is 8.10. The maximum atomic E-state index is 13.1. The van der Waals surface area contributed by atoms with Crippen LogP contribution in [0.2, 0.25) is 0 Å². The zero-order valence-electron chi connectivity index (χ0n) is 6.55. The fraction of sp³-hybridized carbons (Fsp3) is 0.250. The van der Waals surface area contributed by atoms with Crippen molar-refractivity contribution in [1.29, 1.82) is 0 Å². The molecular formula is C8H6F2N2O. The Hall–Kier alpha value is -1.52. The molecule has 1 N–H and O–H groups in total. The summed E-state index contributed by atoms with van der Waals surface area (Å²) in [6, 6.07) is 3.09. The molecule has 0 aliphatic carbocycles. The van der Waals surface area contributed by atoms with Crippen LogP contribution in [0.3, 0.4) is 0 Å². The van der Waals surface area contributed by atoms with E-state index in [2.05, 4.69) is 10.3 Å². The Morgan fingerprint density at radius 2 is 2.31 bits per heavy atom. The molecular weight excluding hydrogens is 178 g/mol. The fourth-order valence-corrected chi connectivity index (χ4v) is 1.26. The van der Waals surface area contributed by atoms with Crippen LogP contribution in [0.25, 0.3) is 0 Å². The van der Waals surface area contributed by atoms with Crippen LogP contribution < -0.4 is 5.32 Å². The standard InChI is InChI=1S/C8H6F2N2O/c9-8(10)6-5(2-1-3-11-6)4-12-7(8)13/h1-3H,4H2,(H,12,13). The molecule has 1 aromatic rings. The summed E-state index contributed by atoms with van der Waals surface area (Å²) in [5.41, 5.74) is -0.0640. The molecule has 5 heteroatoms. The Morgan fingerprint density at radius 1 is 1.54 bits per heavy atom. The molecule has 0 spiro atoms. The van der Waals surface area contributed by atoms with Gasteiger partial charge in [0.25, 0.3) is 5.91 Å². The van der Waals surface area contributed by atoms with Crippen molar-refractivity contribution in [1.82, 2.24) is 10.3 Å². The molecule has 1 amide bonds. The van der Waals surface area contributed by atoms with Crippen molar-refractivity contribution in [3.63, 3.8) is 0 Å². The highest BCUT2D eigenvalue weighted by atomic mass is 19.3. The van der Waals surface area contributed by atoms with E-state index in [0.29, 0.717) is 5.56 Å². The van der Waals surface area contributed by atoms with Gasteiger partial charge in [-0.15, -0.1) is 0 Å². The summed E-state index contributed by atoms with van der Waals surface area (Å²) < 4.78 is 26.2. The van der Waals surface area contributed by atoms with Gasteiger partial charge in [0.2, 0.25) is 0 Å². The Balaban J connectivity index is 2.59. The van der Waals surface area contributed by atoms with E-state index in [1.807, 2.05) is 0 Å². The lowest BCUT2D eigenvalue weighted by atomic mass is 10.0. The van der Waals surface area contributed by atoms with Gasteiger partial charge in [0.15, 0.2) is 0 Å². The molecule has 0 unspecified atom stereocenters. The van der Waals surface area contributed by atoms with Crippen molar-refractivity contribution in [2.24, 2.45) is 0 Å². The van der Waals surface area contributed by atoms with E-state index in [1.165, 1.54) is 12.3 Å². The molecule has 0 saturated carbocycles. The monoisotopic (exact) mass is 184 g/mol. The highest BCUT2D eigenvalue weighted by Crippen LogP contribution is 2.31. The van der Waals surface area contributed by atoms with Crippen LogP contribution >= 0.6 is 0 Å². The zero-order valence-corrected chi connectivity index (χ0v) is 6.55. The van der Waals surface area contributed by atoms with Gasteiger partial charge in [-0.3, -0.25) is 9.78 Å². The molecule has 0 saturated heterocycles. The number of nitrogens with zero attached hydrogens (tertiary/aromatic N) is 1. The largest absolute Gasteiger partial charge is 0.366 e. The van der Waals surface area contributed by atoms with E-state index in [9.17, 15) is 13.6 Å². The van der Waals surface area contributed by atoms with Crippen molar-refractivity contribution in [2.75, 3.05) is 0 Å². The maximum absolute atomic E-state index is 13.1. The number of nitrogens with one attached hydrogen (secondary N) is 1. The highest BCUT2D eigenvalue weighted by molar-refractivity contribution is 5.86. The molecule has 68 valence electrons. The molecule has 0 radical (unpaired) electrons. The van der Waals surface area contributed by atoms with Gasteiger partial charge in [-0.05, 0) is 11.6 Å². The molecule has 3 nitrogen and oxygen atoms in total. The summed E-state index contributed by atoms with van der Waals surface area (Å²) >= 11 is 0. The fourth-order valence-electron chi connectivity index (χ4n) is 1.26. The summed E-state index contributed by atoms with van der Waals surface area (Å²) in [4.78, 5) is 14.3. The van der Waals surface area contributed by atoms with Crippen LogP contribution in [0, 0.1) is 0 Å². The quantitative estimate of drug-likeness (QED) is 0.648. The number of aromatic nitrogens is 1. The Labute approximate surface area is 72.8 Å². The summed E-state index contributed by atoms with van der Waals surface area (Å²) in [5.74, 6) is -4.77. The zero-order chi connectivity index (χ0) is 9.47. The van der Waals surface area contributed by atoms with Gasteiger partial charge in [-0.25, -0.2) is 0 Å². The Morgan fingerprint density at radius 3 is 3.08 bits per heavy atom. The van der Waals surface area contributed by atoms with Crippen molar-refractivity contribution in [3.05, 3.63) is 29.6 Å². The molecule has 1 aliphatic heterocycles. The molecule has 13 heavy (non-hydrogen) atoms. The van der Waals surface area contributed by atoms with Gasteiger partial charge >= 0.3 is 5.92 Å². The summed E-state index contributed by atoms with van der Waals surface area (Å²) in [6.45, 7) is 0.123. The molecule has 2 heterocycles. The van der Waals surface area contributed by atoms with Gasteiger partial charge in [-0.2, -0.15) is 8.78 Å². The average Bonchev–Trinajstić information content (AvgIpc) is 2.13. The number of pyridine rings is 1. The second-order valence-electron chi connectivity index (χ2n) is 2.77.